The van der Waals surface area contributed by atoms with E-state index in [2.05, 4.69) is 20.3 Å². The lowest BCUT2D eigenvalue weighted by atomic mass is 9.99. The molecule has 0 bridgehead atoms. The van der Waals surface area contributed by atoms with Crippen LogP contribution in [0.1, 0.15) is 22.4 Å². The summed E-state index contributed by atoms with van der Waals surface area (Å²) in [5, 5.41) is 13.1. The highest BCUT2D eigenvalue weighted by atomic mass is 32.2. The summed E-state index contributed by atoms with van der Waals surface area (Å²) in [7, 11) is 0. The lowest BCUT2D eigenvalue weighted by molar-refractivity contribution is -0.113. The van der Waals surface area contributed by atoms with Crippen molar-refractivity contribution in [2.75, 3.05) is 11.1 Å². The molecule has 2 aromatic heterocycles. The zero-order valence-electron chi connectivity index (χ0n) is 19.1. The van der Waals surface area contributed by atoms with Gasteiger partial charge in [-0.25, -0.2) is 13.8 Å². The van der Waals surface area contributed by atoms with E-state index in [0.717, 1.165) is 5.56 Å². The van der Waals surface area contributed by atoms with E-state index in [1.807, 2.05) is 6.92 Å². The van der Waals surface area contributed by atoms with Crippen molar-refractivity contribution in [3.8, 4) is 23.0 Å². The molecule has 182 valence electrons. The molecule has 0 spiro atoms. The van der Waals surface area contributed by atoms with Gasteiger partial charge in [-0.1, -0.05) is 11.8 Å². The van der Waals surface area contributed by atoms with Crippen molar-refractivity contribution in [3.63, 3.8) is 0 Å². The zero-order valence-corrected chi connectivity index (χ0v) is 19.9. The molecule has 1 aliphatic heterocycles. The third-order valence-electron chi connectivity index (χ3n) is 5.63. The zero-order chi connectivity index (χ0) is 25.2. The summed E-state index contributed by atoms with van der Waals surface area (Å²) in [6.07, 6.45) is 1.99. The van der Waals surface area contributed by atoms with Gasteiger partial charge in [0.25, 0.3) is 0 Å². The molecular weight excluding hydrogens is 486 g/mol. The number of nitrogens with zero attached hydrogens (tertiary/aromatic N) is 3. The van der Waals surface area contributed by atoms with Crippen molar-refractivity contribution in [1.82, 2.24) is 15.0 Å². The molecule has 0 unspecified atom stereocenters. The number of aliphatic hydroxyl groups is 1. The van der Waals surface area contributed by atoms with E-state index < -0.39 is 5.82 Å². The van der Waals surface area contributed by atoms with Gasteiger partial charge in [0.15, 0.2) is 11.6 Å². The van der Waals surface area contributed by atoms with Gasteiger partial charge in [0.05, 0.1) is 23.6 Å². The standard InChI is InChI=1S/C26H20F2N4O3S/c1-14-23-20(16(12-33)11-29-14)10-21-25(35-23)31-24(15-2-4-17(27)5-3-15)32-26(21)36-13-22(34)30-19-8-6-18(28)7-9-19/h2-9,11,33H,10,12-13H2,1H3,(H,30,34). The Hall–Kier alpha value is -3.89. The van der Waals surface area contributed by atoms with E-state index >= 15 is 0 Å². The quantitative estimate of drug-likeness (QED) is 0.246. The topological polar surface area (TPSA) is 97.2 Å². The first kappa shape index (κ1) is 23.8. The summed E-state index contributed by atoms with van der Waals surface area (Å²) in [6.45, 7) is 1.61. The van der Waals surface area contributed by atoms with Gasteiger partial charge in [-0.15, -0.1) is 0 Å². The average Bonchev–Trinajstić information content (AvgIpc) is 2.88. The van der Waals surface area contributed by atoms with Gasteiger partial charge in [-0.2, -0.15) is 4.98 Å². The molecule has 0 fully saturated rings. The molecule has 10 heteroatoms. The summed E-state index contributed by atoms with van der Waals surface area (Å²) >= 11 is 1.20. The molecule has 0 aliphatic carbocycles. The summed E-state index contributed by atoms with van der Waals surface area (Å²) < 4.78 is 32.8. The highest BCUT2D eigenvalue weighted by Gasteiger charge is 2.28. The summed E-state index contributed by atoms with van der Waals surface area (Å²) in [6, 6.07) is 11.3. The number of anilines is 1. The van der Waals surface area contributed by atoms with Crippen molar-refractivity contribution in [1.29, 1.82) is 0 Å². The van der Waals surface area contributed by atoms with Crippen LogP contribution in [0.3, 0.4) is 0 Å². The molecule has 5 rings (SSSR count). The van der Waals surface area contributed by atoms with Crippen LogP contribution in [0.25, 0.3) is 11.4 Å². The summed E-state index contributed by atoms with van der Waals surface area (Å²) in [5.74, 6) is 0.126. The first-order chi connectivity index (χ1) is 17.4. The lowest BCUT2D eigenvalue weighted by Gasteiger charge is -2.24. The number of aromatic nitrogens is 3. The minimum Gasteiger partial charge on any atom is -0.436 e. The van der Waals surface area contributed by atoms with Gasteiger partial charge >= 0.3 is 0 Å². The highest BCUT2D eigenvalue weighted by Crippen LogP contribution is 2.42. The maximum atomic E-state index is 13.5. The van der Waals surface area contributed by atoms with Gasteiger partial charge < -0.3 is 15.2 Å². The number of hydrogen-bond donors (Lipinski definition) is 2. The number of aryl methyl sites for hydroxylation is 1. The fourth-order valence-corrected chi connectivity index (χ4v) is 4.63. The minimum atomic E-state index is -0.392. The van der Waals surface area contributed by atoms with E-state index in [1.54, 1.807) is 18.3 Å². The fraction of sp³-hybridized carbons (Fsp3) is 0.154. The number of aliphatic hydroxyl groups excluding tert-OH is 1. The molecule has 2 N–H and O–H groups in total. The SMILES string of the molecule is Cc1ncc(CO)c2c1Oc1nc(-c3ccc(F)cc3)nc(SCC(=O)Nc3ccc(F)cc3)c1C2. The number of nitrogens with one attached hydrogen (secondary N) is 1. The monoisotopic (exact) mass is 506 g/mol. The van der Waals surface area contributed by atoms with E-state index in [-0.39, 0.29) is 24.1 Å². The number of carbonyl (C=O) groups is 1. The van der Waals surface area contributed by atoms with Crippen molar-refractivity contribution in [2.24, 2.45) is 0 Å². The number of rotatable bonds is 6. The molecule has 1 aliphatic rings. The van der Waals surface area contributed by atoms with Crippen LogP contribution in [-0.2, 0) is 17.8 Å². The first-order valence-electron chi connectivity index (χ1n) is 11.0. The lowest BCUT2D eigenvalue weighted by Crippen LogP contribution is -2.16. The number of thioether (sulfide) groups is 1. The van der Waals surface area contributed by atoms with E-state index in [9.17, 15) is 18.7 Å². The third kappa shape index (κ3) is 4.91. The molecule has 0 saturated heterocycles. The number of carbonyl (C=O) groups excluding carboxylic acids is 1. The summed E-state index contributed by atoms with van der Waals surface area (Å²) in [4.78, 5) is 26.1. The molecule has 7 nitrogen and oxygen atoms in total. The third-order valence-corrected chi connectivity index (χ3v) is 6.65. The molecule has 0 atom stereocenters. The molecule has 36 heavy (non-hydrogen) atoms. The molecule has 2 aromatic carbocycles. The van der Waals surface area contributed by atoms with Crippen LogP contribution in [0.4, 0.5) is 14.5 Å². The number of fused-ring (bicyclic) bond motifs is 2. The van der Waals surface area contributed by atoms with Crippen molar-refractivity contribution >= 4 is 23.4 Å². The number of pyridine rings is 1. The van der Waals surface area contributed by atoms with Gasteiger partial charge in [0.2, 0.25) is 11.8 Å². The van der Waals surface area contributed by atoms with Crippen molar-refractivity contribution in [2.45, 2.75) is 25.0 Å². The van der Waals surface area contributed by atoms with E-state index in [1.165, 1.54) is 48.2 Å². The fourth-order valence-electron chi connectivity index (χ4n) is 3.81. The number of ether oxygens (including phenoxy) is 1. The van der Waals surface area contributed by atoms with Gasteiger partial charge in [-0.3, -0.25) is 9.78 Å². The van der Waals surface area contributed by atoms with Crippen molar-refractivity contribution in [3.05, 3.63) is 88.7 Å². The highest BCUT2D eigenvalue weighted by molar-refractivity contribution is 8.00. The Balaban J connectivity index is 1.48. The van der Waals surface area contributed by atoms with Crippen LogP contribution in [0.2, 0.25) is 0 Å². The molecule has 3 heterocycles. The average molecular weight is 507 g/mol. The molecule has 4 aromatic rings. The Bertz CT molecular complexity index is 1450. The minimum absolute atomic E-state index is 0.0266. The second-order valence-electron chi connectivity index (χ2n) is 8.10. The Labute approximate surface area is 209 Å². The van der Waals surface area contributed by atoms with Gasteiger partial charge in [0.1, 0.15) is 16.7 Å². The molecule has 0 saturated carbocycles. The second kappa shape index (κ2) is 10.00. The van der Waals surface area contributed by atoms with Crippen molar-refractivity contribution < 1.29 is 23.4 Å². The van der Waals surface area contributed by atoms with Crippen LogP contribution in [0.5, 0.6) is 11.6 Å². The number of benzene rings is 2. The van der Waals surface area contributed by atoms with Gasteiger partial charge in [-0.05, 0) is 55.5 Å². The Kier molecular flexibility index (Phi) is 6.62. The predicted molar refractivity (Wildman–Crippen MR) is 131 cm³/mol. The Morgan fingerprint density at radius 2 is 1.75 bits per heavy atom. The second-order valence-corrected chi connectivity index (χ2v) is 9.06. The van der Waals surface area contributed by atoms with Crippen LogP contribution in [0.15, 0.2) is 59.8 Å². The number of amides is 1. The van der Waals surface area contributed by atoms with E-state index in [0.29, 0.717) is 57.0 Å². The number of hydrogen-bond acceptors (Lipinski definition) is 7. The molecular formula is C26H20F2N4O3S. The smallest absolute Gasteiger partial charge is 0.234 e. The molecule has 1 amide bonds. The Morgan fingerprint density at radius 1 is 1.06 bits per heavy atom. The molecule has 0 radical (unpaired) electrons. The maximum absolute atomic E-state index is 13.5. The van der Waals surface area contributed by atoms with Gasteiger partial charge in [0, 0.05) is 35.0 Å². The Morgan fingerprint density at radius 3 is 2.44 bits per heavy atom. The van der Waals surface area contributed by atoms with Crippen LogP contribution >= 0.6 is 11.8 Å². The van der Waals surface area contributed by atoms with Crippen LogP contribution in [-0.4, -0.2) is 31.7 Å². The van der Waals surface area contributed by atoms with Crippen LogP contribution in [0, 0.1) is 18.6 Å². The maximum Gasteiger partial charge on any atom is 0.234 e. The first-order valence-corrected chi connectivity index (χ1v) is 12.0. The normalized spacial score (nSPS) is 11.9. The van der Waals surface area contributed by atoms with Crippen LogP contribution < -0.4 is 10.1 Å². The summed E-state index contributed by atoms with van der Waals surface area (Å²) in [5.41, 5.74) is 3.81. The van der Waals surface area contributed by atoms with E-state index in [4.69, 9.17) is 4.74 Å². The largest absolute Gasteiger partial charge is 0.436 e. The number of halogens is 2. The predicted octanol–water partition coefficient (Wildman–Crippen LogP) is 5.04.